The van der Waals surface area contributed by atoms with Crippen LogP contribution in [0.15, 0.2) is 18.5 Å². The Hall–Kier alpha value is -0.840. The molecule has 0 bridgehead atoms. The molecule has 1 aliphatic carbocycles. The van der Waals surface area contributed by atoms with Gasteiger partial charge in [-0.15, -0.1) is 24.8 Å². The Morgan fingerprint density at radius 3 is 2.75 bits per heavy atom. The SMILES string of the molecule is Cc1ccncc1NC(=O)CC1CCCCC1N.Cl.Cl. The van der Waals surface area contributed by atoms with Crippen LogP contribution in [0.25, 0.3) is 0 Å². The van der Waals surface area contributed by atoms with E-state index in [0.29, 0.717) is 12.3 Å². The van der Waals surface area contributed by atoms with Crippen molar-refractivity contribution in [3.05, 3.63) is 24.0 Å². The Morgan fingerprint density at radius 1 is 1.40 bits per heavy atom. The highest BCUT2D eigenvalue weighted by molar-refractivity contribution is 5.91. The number of amides is 1. The number of hydrogen-bond acceptors (Lipinski definition) is 3. The van der Waals surface area contributed by atoms with Gasteiger partial charge < -0.3 is 11.1 Å². The van der Waals surface area contributed by atoms with Crippen LogP contribution in [0.5, 0.6) is 0 Å². The number of carbonyl (C=O) groups is 1. The second-order valence-corrected chi connectivity index (χ2v) is 5.15. The molecule has 1 amide bonds. The van der Waals surface area contributed by atoms with Crippen molar-refractivity contribution in [1.82, 2.24) is 4.98 Å². The molecule has 114 valence electrons. The van der Waals surface area contributed by atoms with E-state index in [9.17, 15) is 4.79 Å². The van der Waals surface area contributed by atoms with Gasteiger partial charge in [-0.05, 0) is 37.3 Å². The summed E-state index contributed by atoms with van der Waals surface area (Å²) in [6, 6.07) is 2.07. The number of hydrogen-bond donors (Lipinski definition) is 2. The van der Waals surface area contributed by atoms with Crippen LogP contribution in [0.1, 0.15) is 37.7 Å². The number of anilines is 1. The average Bonchev–Trinajstić information content (AvgIpc) is 2.35. The van der Waals surface area contributed by atoms with E-state index in [0.717, 1.165) is 24.1 Å². The number of carbonyl (C=O) groups excluding carboxylic acids is 1. The summed E-state index contributed by atoms with van der Waals surface area (Å²) < 4.78 is 0. The topological polar surface area (TPSA) is 68.0 Å². The molecule has 0 aromatic carbocycles. The zero-order valence-corrected chi connectivity index (χ0v) is 13.3. The molecular formula is C14H23Cl2N3O. The standard InChI is InChI=1S/C14H21N3O.2ClH/c1-10-6-7-16-9-13(10)17-14(18)8-11-4-2-3-5-12(11)15;;/h6-7,9,11-12H,2-5,8,15H2,1H3,(H,17,18);2*1H. The van der Waals surface area contributed by atoms with Gasteiger partial charge in [-0.25, -0.2) is 0 Å². The van der Waals surface area contributed by atoms with Crippen molar-refractivity contribution in [3.8, 4) is 0 Å². The van der Waals surface area contributed by atoms with Crippen LogP contribution in [0.4, 0.5) is 5.69 Å². The highest BCUT2D eigenvalue weighted by atomic mass is 35.5. The maximum Gasteiger partial charge on any atom is 0.224 e. The molecular weight excluding hydrogens is 297 g/mol. The summed E-state index contributed by atoms with van der Waals surface area (Å²) in [6.07, 6.45) is 8.44. The molecule has 2 unspecified atom stereocenters. The Morgan fingerprint density at radius 2 is 2.10 bits per heavy atom. The Kier molecular flexibility index (Phi) is 8.78. The van der Waals surface area contributed by atoms with Crippen LogP contribution < -0.4 is 11.1 Å². The third kappa shape index (κ3) is 5.27. The van der Waals surface area contributed by atoms with Gasteiger partial charge in [-0.2, -0.15) is 0 Å². The molecule has 1 aromatic rings. The van der Waals surface area contributed by atoms with Crippen LogP contribution >= 0.6 is 24.8 Å². The summed E-state index contributed by atoms with van der Waals surface area (Å²) in [5.41, 5.74) is 7.89. The van der Waals surface area contributed by atoms with Gasteiger partial charge in [-0.1, -0.05) is 12.8 Å². The summed E-state index contributed by atoms with van der Waals surface area (Å²) in [6.45, 7) is 1.96. The molecule has 3 N–H and O–H groups in total. The van der Waals surface area contributed by atoms with Gasteiger partial charge in [0, 0.05) is 18.7 Å². The second kappa shape index (κ2) is 9.16. The maximum absolute atomic E-state index is 12.0. The molecule has 4 nitrogen and oxygen atoms in total. The Bertz CT molecular complexity index is 429. The summed E-state index contributed by atoms with van der Waals surface area (Å²) in [4.78, 5) is 16.0. The number of aromatic nitrogens is 1. The zero-order chi connectivity index (χ0) is 13.0. The molecule has 0 saturated heterocycles. The first-order valence-corrected chi connectivity index (χ1v) is 6.63. The Labute approximate surface area is 132 Å². The fourth-order valence-corrected chi connectivity index (χ4v) is 2.52. The molecule has 2 rings (SSSR count). The van der Waals surface area contributed by atoms with E-state index in [-0.39, 0.29) is 36.8 Å². The number of nitrogens with zero attached hydrogens (tertiary/aromatic N) is 1. The van der Waals surface area contributed by atoms with Crippen molar-refractivity contribution < 1.29 is 4.79 Å². The van der Waals surface area contributed by atoms with Crippen molar-refractivity contribution in [2.45, 2.75) is 45.1 Å². The summed E-state index contributed by atoms with van der Waals surface area (Å²) in [5.74, 6) is 0.379. The van der Waals surface area contributed by atoms with Crippen molar-refractivity contribution in [1.29, 1.82) is 0 Å². The second-order valence-electron chi connectivity index (χ2n) is 5.15. The molecule has 1 aromatic heterocycles. The molecule has 0 spiro atoms. The number of halogens is 2. The number of pyridine rings is 1. The molecule has 1 heterocycles. The quantitative estimate of drug-likeness (QED) is 0.899. The number of nitrogens with one attached hydrogen (secondary N) is 1. The minimum atomic E-state index is 0. The third-order valence-corrected chi connectivity index (χ3v) is 3.73. The fraction of sp³-hybridized carbons (Fsp3) is 0.571. The summed E-state index contributed by atoms with van der Waals surface area (Å²) in [5, 5.41) is 2.92. The maximum atomic E-state index is 12.0. The monoisotopic (exact) mass is 319 g/mol. The predicted molar refractivity (Wildman–Crippen MR) is 86.7 cm³/mol. The van der Waals surface area contributed by atoms with E-state index in [4.69, 9.17) is 5.73 Å². The largest absolute Gasteiger partial charge is 0.327 e. The van der Waals surface area contributed by atoms with Gasteiger partial charge in [0.05, 0.1) is 11.9 Å². The lowest BCUT2D eigenvalue weighted by atomic mass is 9.83. The van der Waals surface area contributed by atoms with Crippen LogP contribution in [0, 0.1) is 12.8 Å². The van der Waals surface area contributed by atoms with Gasteiger partial charge in [0.1, 0.15) is 0 Å². The predicted octanol–water partition coefficient (Wildman–Crippen LogP) is 3.08. The molecule has 1 saturated carbocycles. The van der Waals surface area contributed by atoms with E-state index < -0.39 is 0 Å². The minimum Gasteiger partial charge on any atom is -0.327 e. The van der Waals surface area contributed by atoms with E-state index in [1.54, 1.807) is 12.4 Å². The number of rotatable bonds is 3. The normalized spacial score (nSPS) is 21.3. The smallest absolute Gasteiger partial charge is 0.224 e. The van der Waals surface area contributed by atoms with Gasteiger partial charge in [0.25, 0.3) is 0 Å². The highest BCUT2D eigenvalue weighted by Crippen LogP contribution is 2.26. The van der Waals surface area contributed by atoms with E-state index >= 15 is 0 Å². The van der Waals surface area contributed by atoms with Gasteiger partial charge in [0.2, 0.25) is 5.91 Å². The lowest BCUT2D eigenvalue weighted by Crippen LogP contribution is -2.35. The van der Waals surface area contributed by atoms with Crippen LogP contribution in [-0.4, -0.2) is 16.9 Å². The van der Waals surface area contributed by atoms with Crippen LogP contribution in [-0.2, 0) is 4.79 Å². The molecule has 1 aliphatic rings. The van der Waals surface area contributed by atoms with Crippen molar-refractivity contribution >= 4 is 36.4 Å². The molecule has 0 radical (unpaired) electrons. The molecule has 6 heteroatoms. The van der Waals surface area contributed by atoms with E-state index in [1.807, 2.05) is 13.0 Å². The van der Waals surface area contributed by atoms with Crippen molar-refractivity contribution in [3.63, 3.8) is 0 Å². The number of nitrogens with two attached hydrogens (primary N) is 1. The van der Waals surface area contributed by atoms with Crippen molar-refractivity contribution in [2.75, 3.05) is 5.32 Å². The minimum absolute atomic E-state index is 0. The first kappa shape index (κ1) is 19.2. The number of aryl methyl sites for hydroxylation is 1. The zero-order valence-electron chi connectivity index (χ0n) is 11.7. The summed E-state index contributed by atoms with van der Waals surface area (Å²) >= 11 is 0. The van der Waals surface area contributed by atoms with Gasteiger partial charge in [-0.3, -0.25) is 9.78 Å². The first-order chi connectivity index (χ1) is 8.66. The van der Waals surface area contributed by atoms with Crippen LogP contribution in [0.2, 0.25) is 0 Å². The molecule has 0 aliphatic heterocycles. The highest BCUT2D eigenvalue weighted by Gasteiger charge is 2.24. The van der Waals surface area contributed by atoms with Crippen molar-refractivity contribution in [2.24, 2.45) is 11.7 Å². The molecule has 1 fully saturated rings. The van der Waals surface area contributed by atoms with Gasteiger partial charge >= 0.3 is 0 Å². The average molecular weight is 320 g/mol. The lowest BCUT2D eigenvalue weighted by molar-refractivity contribution is -0.117. The first-order valence-electron chi connectivity index (χ1n) is 6.63. The summed E-state index contributed by atoms with van der Waals surface area (Å²) in [7, 11) is 0. The lowest BCUT2D eigenvalue weighted by Gasteiger charge is -2.28. The van der Waals surface area contributed by atoms with Crippen LogP contribution in [0.3, 0.4) is 0 Å². The molecule has 2 atom stereocenters. The Balaban J connectivity index is 0.00000180. The third-order valence-electron chi connectivity index (χ3n) is 3.73. The van der Waals surface area contributed by atoms with Gasteiger partial charge in [0.15, 0.2) is 0 Å². The molecule has 20 heavy (non-hydrogen) atoms. The fourth-order valence-electron chi connectivity index (χ4n) is 2.52. The van der Waals surface area contributed by atoms with E-state index in [1.165, 1.54) is 12.8 Å². The van der Waals surface area contributed by atoms with E-state index in [2.05, 4.69) is 10.3 Å².